The van der Waals surface area contributed by atoms with E-state index in [-0.39, 0.29) is 28.8 Å². The van der Waals surface area contributed by atoms with E-state index < -0.39 is 17.4 Å². The molecule has 1 amide bonds. The van der Waals surface area contributed by atoms with Crippen molar-refractivity contribution in [2.45, 2.75) is 10.4 Å². The second-order valence-corrected chi connectivity index (χ2v) is 4.95. The first-order valence-corrected chi connectivity index (χ1v) is 6.22. The van der Waals surface area contributed by atoms with E-state index in [4.69, 9.17) is 0 Å². The van der Waals surface area contributed by atoms with Gasteiger partial charge in [0.05, 0.1) is 7.11 Å². The van der Waals surface area contributed by atoms with Gasteiger partial charge in [0.2, 0.25) is 0 Å². The normalized spacial score (nSPS) is 11.1. The predicted molar refractivity (Wildman–Crippen MR) is 67.3 cm³/mol. The van der Waals surface area contributed by atoms with Gasteiger partial charge in [-0.3, -0.25) is 9.59 Å². The van der Waals surface area contributed by atoms with Crippen molar-refractivity contribution in [3.05, 3.63) is 29.8 Å². The molecule has 0 unspecified atom stereocenters. The summed E-state index contributed by atoms with van der Waals surface area (Å²) in [5.74, 6) is -1.05. The molecule has 0 N–H and O–H groups in total. The van der Waals surface area contributed by atoms with E-state index in [9.17, 15) is 22.8 Å². The highest BCUT2D eigenvalue weighted by Gasteiger charge is 2.29. The predicted octanol–water partition coefficient (Wildman–Crippen LogP) is 2.54. The van der Waals surface area contributed by atoms with Crippen LogP contribution in [0.3, 0.4) is 0 Å². The average Bonchev–Trinajstić information content (AvgIpc) is 2.36. The fraction of sp³-hybridized carbons (Fsp3) is 0.333. The molecule has 0 fully saturated rings. The lowest BCUT2D eigenvalue weighted by molar-refractivity contribution is -0.141. The summed E-state index contributed by atoms with van der Waals surface area (Å²) >= 11 is -0.255. The molecule has 0 bridgehead atoms. The van der Waals surface area contributed by atoms with Crippen LogP contribution in [-0.4, -0.2) is 43.0 Å². The van der Waals surface area contributed by atoms with Crippen molar-refractivity contribution in [1.29, 1.82) is 0 Å². The zero-order chi connectivity index (χ0) is 15.3. The van der Waals surface area contributed by atoms with E-state index in [1.165, 1.54) is 38.4 Å². The third-order valence-electron chi connectivity index (χ3n) is 2.28. The number of alkyl halides is 3. The van der Waals surface area contributed by atoms with E-state index in [0.29, 0.717) is 0 Å². The van der Waals surface area contributed by atoms with Crippen LogP contribution in [0.15, 0.2) is 29.2 Å². The Morgan fingerprint density at radius 1 is 1.25 bits per heavy atom. The molecule has 0 saturated carbocycles. The first kappa shape index (κ1) is 16.4. The second-order valence-electron chi connectivity index (χ2n) is 3.81. The zero-order valence-corrected chi connectivity index (χ0v) is 11.5. The molecule has 8 heteroatoms. The van der Waals surface area contributed by atoms with E-state index in [1.807, 2.05) is 0 Å². The third-order valence-corrected chi connectivity index (χ3v) is 3.01. The van der Waals surface area contributed by atoms with Gasteiger partial charge in [-0.25, -0.2) is 0 Å². The number of amides is 1. The van der Waals surface area contributed by atoms with Crippen molar-refractivity contribution >= 4 is 23.6 Å². The molecule has 1 aromatic carbocycles. The van der Waals surface area contributed by atoms with Crippen LogP contribution >= 0.6 is 11.8 Å². The van der Waals surface area contributed by atoms with Crippen molar-refractivity contribution in [2.75, 3.05) is 20.7 Å². The standard InChI is InChI=1S/C12H12F3NO3S/c1-16(7-10(17)19-2)11(18)8-3-5-9(6-4-8)20-12(13,14)15/h3-6H,7H2,1-2H3. The first-order valence-electron chi connectivity index (χ1n) is 5.41. The Balaban J connectivity index is 2.73. The molecular weight excluding hydrogens is 295 g/mol. The summed E-state index contributed by atoms with van der Waals surface area (Å²) in [6.45, 7) is -0.228. The molecule has 20 heavy (non-hydrogen) atoms. The Kier molecular flexibility index (Phi) is 5.43. The molecule has 0 spiro atoms. The second kappa shape index (κ2) is 6.65. The fourth-order valence-electron chi connectivity index (χ4n) is 1.35. The number of halogens is 3. The molecule has 4 nitrogen and oxygen atoms in total. The van der Waals surface area contributed by atoms with E-state index in [2.05, 4.69) is 4.74 Å². The third kappa shape index (κ3) is 5.12. The Morgan fingerprint density at radius 3 is 2.25 bits per heavy atom. The summed E-state index contributed by atoms with van der Waals surface area (Å²) in [5.41, 5.74) is -4.17. The number of nitrogens with zero attached hydrogens (tertiary/aromatic N) is 1. The molecule has 0 aliphatic carbocycles. The summed E-state index contributed by atoms with van der Waals surface area (Å²) < 4.78 is 40.9. The van der Waals surface area contributed by atoms with E-state index >= 15 is 0 Å². The smallest absolute Gasteiger partial charge is 0.446 e. The van der Waals surface area contributed by atoms with Gasteiger partial charge in [0, 0.05) is 17.5 Å². The van der Waals surface area contributed by atoms with Crippen LogP contribution in [0.1, 0.15) is 10.4 Å². The Hall–Kier alpha value is -1.70. The molecule has 0 saturated heterocycles. The monoisotopic (exact) mass is 307 g/mol. The summed E-state index contributed by atoms with van der Waals surface area (Å²) in [6.07, 6.45) is 0. The van der Waals surface area contributed by atoms with Gasteiger partial charge in [0.15, 0.2) is 0 Å². The maximum atomic E-state index is 12.1. The maximum absolute atomic E-state index is 12.1. The minimum atomic E-state index is -4.37. The minimum Gasteiger partial charge on any atom is -0.468 e. The number of esters is 1. The van der Waals surface area contributed by atoms with Crippen LogP contribution < -0.4 is 0 Å². The van der Waals surface area contributed by atoms with Crippen LogP contribution in [-0.2, 0) is 9.53 Å². The summed E-state index contributed by atoms with van der Waals surface area (Å²) in [7, 11) is 2.60. The van der Waals surface area contributed by atoms with Crippen molar-refractivity contribution in [3.63, 3.8) is 0 Å². The van der Waals surface area contributed by atoms with Crippen LogP contribution in [0.5, 0.6) is 0 Å². The van der Waals surface area contributed by atoms with E-state index in [1.54, 1.807) is 0 Å². The lowest BCUT2D eigenvalue weighted by atomic mass is 10.2. The van der Waals surface area contributed by atoms with Crippen molar-refractivity contribution in [2.24, 2.45) is 0 Å². The molecule has 110 valence electrons. The number of rotatable bonds is 4. The summed E-state index contributed by atoms with van der Waals surface area (Å²) in [5, 5.41) is 0. The Labute approximate surface area is 117 Å². The number of hydrogen-bond donors (Lipinski definition) is 0. The van der Waals surface area contributed by atoms with Gasteiger partial charge in [-0.2, -0.15) is 13.2 Å². The number of hydrogen-bond acceptors (Lipinski definition) is 4. The van der Waals surface area contributed by atoms with Crippen LogP contribution in [0.2, 0.25) is 0 Å². The fourth-order valence-corrected chi connectivity index (χ4v) is 1.89. The topological polar surface area (TPSA) is 46.6 Å². The molecule has 1 aromatic rings. The van der Waals surface area contributed by atoms with Gasteiger partial charge >= 0.3 is 11.5 Å². The highest BCUT2D eigenvalue weighted by Crippen LogP contribution is 2.36. The average molecular weight is 307 g/mol. The van der Waals surface area contributed by atoms with E-state index in [0.717, 1.165) is 4.90 Å². The minimum absolute atomic E-state index is 0.00956. The van der Waals surface area contributed by atoms with Gasteiger partial charge in [-0.05, 0) is 36.0 Å². The number of likely N-dealkylation sites (N-methyl/N-ethyl adjacent to an activating group) is 1. The van der Waals surface area contributed by atoms with Gasteiger partial charge in [0.25, 0.3) is 5.91 Å². The van der Waals surface area contributed by atoms with Crippen molar-refractivity contribution in [1.82, 2.24) is 4.90 Å². The van der Waals surface area contributed by atoms with Gasteiger partial charge in [-0.1, -0.05) is 0 Å². The molecule has 0 atom stereocenters. The summed E-state index contributed by atoms with van der Waals surface area (Å²) in [4.78, 5) is 24.0. The lowest BCUT2D eigenvalue weighted by Crippen LogP contribution is -2.32. The van der Waals surface area contributed by atoms with Crippen molar-refractivity contribution in [3.8, 4) is 0 Å². The van der Waals surface area contributed by atoms with Crippen LogP contribution in [0.25, 0.3) is 0 Å². The maximum Gasteiger partial charge on any atom is 0.446 e. The van der Waals surface area contributed by atoms with Gasteiger partial charge < -0.3 is 9.64 Å². The number of ether oxygens (including phenoxy) is 1. The lowest BCUT2D eigenvalue weighted by Gasteiger charge is -2.15. The zero-order valence-electron chi connectivity index (χ0n) is 10.7. The number of methoxy groups -OCH3 is 1. The number of carbonyl (C=O) groups is 2. The molecular formula is C12H12F3NO3S. The van der Waals surface area contributed by atoms with Crippen molar-refractivity contribution < 1.29 is 27.5 Å². The van der Waals surface area contributed by atoms with Crippen LogP contribution in [0, 0.1) is 0 Å². The largest absolute Gasteiger partial charge is 0.468 e. The highest BCUT2D eigenvalue weighted by atomic mass is 32.2. The highest BCUT2D eigenvalue weighted by molar-refractivity contribution is 8.00. The first-order chi connectivity index (χ1) is 9.23. The number of thioether (sulfide) groups is 1. The van der Waals surface area contributed by atoms with Crippen LogP contribution in [0.4, 0.5) is 13.2 Å². The van der Waals surface area contributed by atoms with Gasteiger partial charge in [-0.15, -0.1) is 0 Å². The number of benzene rings is 1. The van der Waals surface area contributed by atoms with Gasteiger partial charge in [0.1, 0.15) is 6.54 Å². The SMILES string of the molecule is COC(=O)CN(C)C(=O)c1ccc(SC(F)(F)F)cc1. The molecule has 0 heterocycles. The Morgan fingerprint density at radius 2 is 1.80 bits per heavy atom. The Bertz CT molecular complexity index is 488. The molecule has 0 radical (unpaired) electrons. The number of carbonyl (C=O) groups excluding carboxylic acids is 2. The summed E-state index contributed by atoms with van der Waals surface area (Å²) in [6, 6.07) is 4.98. The molecule has 1 rings (SSSR count). The molecule has 0 aliphatic rings. The molecule has 0 aliphatic heterocycles. The molecule has 0 aromatic heterocycles. The quantitative estimate of drug-likeness (QED) is 0.633.